The zero-order valence-corrected chi connectivity index (χ0v) is 20.7. The molecule has 0 bridgehead atoms. The number of hydrogen-bond acceptors (Lipinski definition) is 5. The van der Waals surface area contributed by atoms with Crippen molar-refractivity contribution in [1.82, 2.24) is 9.80 Å². The van der Waals surface area contributed by atoms with Crippen molar-refractivity contribution in [3.8, 4) is 5.75 Å². The van der Waals surface area contributed by atoms with Crippen molar-refractivity contribution >= 4 is 28.5 Å². The van der Waals surface area contributed by atoms with Gasteiger partial charge in [0.1, 0.15) is 11.3 Å². The number of rotatable bonds is 10. The summed E-state index contributed by atoms with van der Waals surface area (Å²) in [5.74, 6) is 0.585. The molecule has 7 heteroatoms. The van der Waals surface area contributed by atoms with Crippen LogP contribution in [0.4, 0.5) is 0 Å². The Balaban J connectivity index is 1.77. The van der Waals surface area contributed by atoms with Gasteiger partial charge in [-0.1, -0.05) is 43.5 Å². The molecule has 0 spiro atoms. The van der Waals surface area contributed by atoms with Crippen LogP contribution in [0.15, 0.2) is 51.7 Å². The number of nitrogens with zero attached hydrogens (tertiary/aromatic N) is 2. The van der Waals surface area contributed by atoms with Crippen LogP contribution in [0.1, 0.15) is 60.3 Å². The first-order valence-corrected chi connectivity index (χ1v) is 12.2. The first-order chi connectivity index (χ1) is 16.4. The summed E-state index contributed by atoms with van der Waals surface area (Å²) < 4.78 is 12.0. The van der Waals surface area contributed by atoms with Crippen LogP contribution in [-0.4, -0.2) is 49.5 Å². The molecular weight excluding hydrogens is 452 g/mol. The van der Waals surface area contributed by atoms with Crippen LogP contribution in [0.2, 0.25) is 5.02 Å². The van der Waals surface area contributed by atoms with Gasteiger partial charge in [-0.05, 0) is 69.4 Å². The van der Waals surface area contributed by atoms with Crippen LogP contribution in [0.25, 0.3) is 11.0 Å². The number of carbonyl (C=O) groups is 1. The smallest absolute Gasteiger partial charge is 0.290 e. The summed E-state index contributed by atoms with van der Waals surface area (Å²) in [6, 6.07) is 12.0. The fourth-order valence-electron chi connectivity index (χ4n) is 4.44. The number of carbonyl (C=O) groups excluding carboxylic acids is 1. The van der Waals surface area contributed by atoms with Crippen molar-refractivity contribution in [1.29, 1.82) is 0 Å². The van der Waals surface area contributed by atoms with E-state index in [1.165, 1.54) is 0 Å². The lowest BCUT2D eigenvalue weighted by Crippen LogP contribution is -2.32. The third-order valence-corrected chi connectivity index (χ3v) is 6.36. The van der Waals surface area contributed by atoms with Gasteiger partial charge in [0.2, 0.25) is 5.76 Å². The van der Waals surface area contributed by atoms with Crippen LogP contribution in [-0.2, 0) is 0 Å². The molecule has 0 aliphatic carbocycles. The summed E-state index contributed by atoms with van der Waals surface area (Å²) in [6.07, 6.45) is 4.00. The molecule has 1 aliphatic rings. The number of halogens is 1. The highest BCUT2D eigenvalue weighted by molar-refractivity contribution is 6.31. The standard InChI is InChI=1S/C27H31ClN2O4/c1-4-5-6-15-33-20-10-7-9-18(16-20)24-23-25(31)21-17-19(28)11-12-22(21)34-26(23)27(32)30(24)14-8-13-29(2)3/h7,9-12,16-17,24H,4-6,8,13-15H2,1-3H3. The highest BCUT2D eigenvalue weighted by Crippen LogP contribution is 2.39. The highest BCUT2D eigenvalue weighted by atomic mass is 35.5. The molecule has 2 aromatic carbocycles. The minimum Gasteiger partial charge on any atom is -0.494 e. The summed E-state index contributed by atoms with van der Waals surface area (Å²) in [6.45, 7) is 4.12. The maximum absolute atomic E-state index is 13.6. The van der Waals surface area contributed by atoms with E-state index in [2.05, 4.69) is 11.8 Å². The molecule has 1 unspecified atom stereocenters. The molecule has 4 rings (SSSR count). The number of benzene rings is 2. The molecule has 0 N–H and O–H groups in total. The Morgan fingerprint density at radius 3 is 2.68 bits per heavy atom. The summed E-state index contributed by atoms with van der Waals surface area (Å²) in [5.41, 5.74) is 1.34. The van der Waals surface area contributed by atoms with Crippen LogP contribution in [0.3, 0.4) is 0 Å². The number of unbranched alkanes of at least 4 members (excludes halogenated alkanes) is 2. The van der Waals surface area contributed by atoms with Crippen LogP contribution < -0.4 is 10.2 Å². The Morgan fingerprint density at radius 1 is 1.09 bits per heavy atom. The van der Waals surface area contributed by atoms with E-state index in [0.717, 1.165) is 43.5 Å². The van der Waals surface area contributed by atoms with Crippen molar-refractivity contribution < 1.29 is 13.9 Å². The summed E-state index contributed by atoms with van der Waals surface area (Å²) >= 11 is 6.16. The van der Waals surface area contributed by atoms with Crippen molar-refractivity contribution in [2.24, 2.45) is 0 Å². The molecule has 1 aromatic heterocycles. The second kappa shape index (κ2) is 10.6. The van der Waals surface area contributed by atoms with Crippen LogP contribution in [0.5, 0.6) is 5.75 Å². The van der Waals surface area contributed by atoms with Gasteiger partial charge in [0.25, 0.3) is 5.91 Å². The Hall–Kier alpha value is -2.83. The molecule has 0 saturated carbocycles. The molecule has 1 aliphatic heterocycles. The zero-order chi connectivity index (χ0) is 24.2. The number of amides is 1. The second-order valence-electron chi connectivity index (χ2n) is 9.00. The van der Waals surface area contributed by atoms with E-state index in [0.29, 0.717) is 34.7 Å². The SMILES string of the molecule is CCCCCOc1cccc(C2c3c(oc4ccc(Cl)cc4c3=O)C(=O)N2CCCN(C)C)c1. The fraction of sp³-hybridized carbons (Fsp3) is 0.407. The lowest BCUT2D eigenvalue weighted by atomic mass is 9.98. The largest absolute Gasteiger partial charge is 0.494 e. The quantitative estimate of drug-likeness (QED) is 0.356. The van der Waals surface area contributed by atoms with Gasteiger partial charge in [0.15, 0.2) is 5.43 Å². The molecule has 34 heavy (non-hydrogen) atoms. The monoisotopic (exact) mass is 482 g/mol. The predicted molar refractivity (Wildman–Crippen MR) is 135 cm³/mol. The molecule has 3 aromatic rings. The minimum absolute atomic E-state index is 0.115. The normalized spacial score (nSPS) is 15.4. The molecule has 6 nitrogen and oxygen atoms in total. The minimum atomic E-state index is -0.538. The molecule has 180 valence electrons. The summed E-state index contributed by atoms with van der Waals surface area (Å²) in [7, 11) is 4.00. The maximum Gasteiger partial charge on any atom is 0.290 e. The molecule has 1 amide bonds. The van der Waals surface area contributed by atoms with Crippen LogP contribution >= 0.6 is 11.6 Å². The Kier molecular flexibility index (Phi) is 7.59. The fourth-order valence-corrected chi connectivity index (χ4v) is 4.62. The third kappa shape index (κ3) is 4.98. The van der Waals surface area contributed by atoms with Crippen molar-refractivity contribution in [3.05, 3.63) is 74.6 Å². The van der Waals surface area contributed by atoms with E-state index in [9.17, 15) is 9.59 Å². The Morgan fingerprint density at radius 2 is 1.91 bits per heavy atom. The Bertz CT molecular complexity index is 1240. The first kappa shape index (κ1) is 24.3. The van der Waals surface area contributed by atoms with Crippen LogP contribution in [0, 0.1) is 0 Å². The number of ether oxygens (including phenoxy) is 1. The van der Waals surface area contributed by atoms with Gasteiger partial charge in [0, 0.05) is 11.6 Å². The van der Waals surface area contributed by atoms with E-state index in [1.807, 2.05) is 38.4 Å². The van der Waals surface area contributed by atoms with Gasteiger partial charge in [0.05, 0.1) is 23.6 Å². The zero-order valence-electron chi connectivity index (χ0n) is 20.0. The summed E-state index contributed by atoms with van der Waals surface area (Å²) in [4.78, 5) is 30.9. The molecule has 0 radical (unpaired) electrons. The lowest BCUT2D eigenvalue weighted by Gasteiger charge is -2.26. The first-order valence-electron chi connectivity index (χ1n) is 11.9. The molecule has 0 fully saturated rings. The molecular formula is C27H31ClN2O4. The van der Waals surface area contributed by atoms with Gasteiger partial charge in [-0.3, -0.25) is 9.59 Å². The van der Waals surface area contributed by atoms with Gasteiger partial charge < -0.3 is 19.0 Å². The number of hydrogen-bond donors (Lipinski definition) is 0. The van der Waals surface area contributed by atoms with Crippen molar-refractivity contribution in [3.63, 3.8) is 0 Å². The average Bonchev–Trinajstić information content (AvgIpc) is 3.09. The van der Waals surface area contributed by atoms with Gasteiger partial charge in [-0.15, -0.1) is 0 Å². The van der Waals surface area contributed by atoms with E-state index in [1.54, 1.807) is 23.1 Å². The average molecular weight is 483 g/mol. The third-order valence-electron chi connectivity index (χ3n) is 6.12. The topological polar surface area (TPSA) is 63.0 Å². The van der Waals surface area contributed by atoms with E-state index in [4.69, 9.17) is 20.8 Å². The van der Waals surface area contributed by atoms with E-state index >= 15 is 0 Å². The molecule has 2 heterocycles. The predicted octanol–water partition coefficient (Wildman–Crippen LogP) is 5.51. The molecule has 0 saturated heterocycles. The highest BCUT2D eigenvalue weighted by Gasteiger charge is 2.42. The van der Waals surface area contributed by atoms with Gasteiger partial charge >= 0.3 is 0 Å². The lowest BCUT2D eigenvalue weighted by molar-refractivity contribution is 0.0722. The second-order valence-corrected chi connectivity index (χ2v) is 9.44. The van der Waals surface area contributed by atoms with Gasteiger partial charge in [-0.2, -0.15) is 0 Å². The number of fused-ring (bicyclic) bond motifs is 2. The summed E-state index contributed by atoms with van der Waals surface area (Å²) in [5, 5.41) is 0.831. The maximum atomic E-state index is 13.6. The van der Waals surface area contributed by atoms with Crippen molar-refractivity contribution in [2.75, 3.05) is 33.8 Å². The van der Waals surface area contributed by atoms with Gasteiger partial charge in [-0.25, -0.2) is 0 Å². The van der Waals surface area contributed by atoms with E-state index in [-0.39, 0.29) is 17.1 Å². The molecule has 1 atom stereocenters. The van der Waals surface area contributed by atoms with Crippen molar-refractivity contribution in [2.45, 2.75) is 38.6 Å². The van der Waals surface area contributed by atoms with E-state index < -0.39 is 6.04 Å². The Labute approximate surface area is 205 Å².